The first kappa shape index (κ1) is 12.8. The molecule has 3 heteroatoms. The Bertz CT molecular complexity index is 546. The minimum atomic E-state index is 0.453. The molecule has 0 amide bonds. The van der Waals surface area contributed by atoms with Crippen LogP contribution in [0.1, 0.15) is 16.7 Å². The highest BCUT2D eigenvalue weighted by molar-refractivity contribution is 6.30. The van der Waals surface area contributed by atoms with Crippen LogP contribution in [0.3, 0.4) is 0 Å². The smallest absolute Gasteiger partial charge is 0.125 e. The van der Waals surface area contributed by atoms with Crippen molar-refractivity contribution in [1.82, 2.24) is 0 Å². The molecule has 0 fully saturated rings. The summed E-state index contributed by atoms with van der Waals surface area (Å²) in [6.07, 6.45) is 0. The maximum atomic E-state index is 5.90. The van der Waals surface area contributed by atoms with Crippen LogP contribution >= 0.6 is 11.6 Å². The molecule has 0 aromatic heterocycles. The molecule has 0 bridgehead atoms. The number of hydrogen-bond acceptors (Lipinski definition) is 2. The van der Waals surface area contributed by atoms with Crippen molar-refractivity contribution in [3.05, 3.63) is 58.1 Å². The molecule has 94 valence electrons. The summed E-state index contributed by atoms with van der Waals surface area (Å²) in [5.74, 6) is 0.923. The summed E-state index contributed by atoms with van der Waals surface area (Å²) in [4.78, 5) is 0. The third-order valence-corrected chi connectivity index (χ3v) is 3.12. The zero-order chi connectivity index (χ0) is 13.1. The van der Waals surface area contributed by atoms with Gasteiger partial charge in [-0.1, -0.05) is 35.9 Å². The summed E-state index contributed by atoms with van der Waals surface area (Å²) in [6, 6.07) is 11.5. The summed E-state index contributed by atoms with van der Waals surface area (Å²) in [7, 11) is 0. The van der Waals surface area contributed by atoms with Gasteiger partial charge in [-0.2, -0.15) is 0 Å². The normalized spacial score (nSPS) is 10.4. The maximum Gasteiger partial charge on any atom is 0.125 e. The number of rotatable bonds is 3. The number of anilines is 1. The second-order valence-corrected chi connectivity index (χ2v) is 4.79. The summed E-state index contributed by atoms with van der Waals surface area (Å²) >= 11 is 5.86. The Balaban J connectivity index is 2.16. The number of halogens is 1. The fourth-order valence-corrected chi connectivity index (χ4v) is 2.05. The van der Waals surface area contributed by atoms with Gasteiger partial charge in [0.15, 0.2) is 0 Å². The monoisotopic (exact) mass is 261 g/mol. The second-order valence-electron chi connectivity index (χ2n) is 4.35. The average molecular weight is 262 g/mol. The molecule has 0 aliphatic carbocycles. The number of para-hydroxylation sites is 1. The minimum absolute atomic E-state index is 0.453. The highest BCUT2D eigenvalue weighted by atomic mass is 35.5. The summed E-state index contributed by atoms with van der Waals surface area (Å²) < 4.78 is 5.85. The van der Waals surface area contributed by atoms with Gasteiger partial charge < -0.3 is 10.5 Å². The Morgan fingerprint density at radius 3 is 2.39 bits per heavy atom. The van der Waals surface area contributed by atoms with Crippen LogP contribution in [0.5, 0.6) is 5.75 Å². The fraction of sp³-hybridized carbons (Fsp3) is 0.200. The lowest BCUT2D eigenvalue weighted by Gasteiger charge is -2.13. The number of hydrogen-bond donors (Lipinski definition) is 1. The van der Waals surface area contributed by atoms with Crippen LogP contribution in [0.2, 0.25) is 5.02 Å². The predicted molar refractivity (Wildman–Crippen MR) is 76.1 cm³/mol. The second kappa shape index (κ2) is 5.32. The molecule has 2 aromatic carbocycles. The van der Waals surface area contributed by atoms with E-state index in [1.54, 1.807) is 6.07 Å². The molecule has 0 heterocycles. The van der Waals surface area contributed by atoms with Crippen molar-refractivity contribution in [3.63, 3.8) is 0 Å². The summed E-state index contributed by atoms with van der Waals surface area (Å²) in [5.41, 5.74) is 9.76. The number of benzene rings is 2. The molecule has 0 saturated heterocycles. The summed E-state index contributed by atoms with van der Waals surface area (Å²) in [5, 5.41) is 0.642. The van der Waals surface area contributed by atoms with Gasteiger partial charge in [0.05, 0.1) is 0 Å². The lowest BCUT2D eigenvalue weighted by Crippen LogP contribution is -2.02. The highest BCUT2D eigenvalue weighted by Crippen LogP contribution is 2.25. The van der Waals surface area contributed by atoms with Crippen molar-refractivity contribution < 1.29 is 4.74 Å². The van der Waals surface area contributed by atoms with E-state index in [1.165, 1.54) is 0 Å². The molecule has 0 spiro atoms. The van der Waals surface area contributed by atoms with Crippen LogP contribution in [0.15, 0.2) is 36.4 Å². The zero-order valence-corrected chi connectivity index (χ0v) is 11.3. The van der Waals surface area contributed by atoms with E-state index in [2.05, 4.69) is 0 Å². The van der Waals surface area contributed by atoms with Crippen LogP contribution in [0, 0.1) is 13.8 Å². The van der Waals surface area contributed by atoms with Crippen LogP contribution in [0.4, 0.5) is 5.69 Å². The molecule has 0 atom stereocenters. The molecule has 0 radical (unpaired) electrons. The van der Waals surface area contributed by atoms with Gasteiger partial charge in [0, 0.05) is 16.3 Å². The first-order chi connectivity index (χ1) is 8.58. The number of nitrogen functional groups attached to an aromatic ring is 1. The third kappa shape index (κ3) is 2.77. The minimum Gasteiger partial charge on any atom is -0.488 e. The fourth-order valence-electron chi connectivity index (χ4n) is 1.87. The van der Waals surface area contributed by atoms with E-state index in [9.17, 15) is 0 Å². The van der Waals surface area contributed by atoms with Crippen molar-refractivity contribution >= 4 is 17.3 Å². The van der Waals surface area contributed by atoms with Gasteiger partial charge >= 0.3 is 0 Å². The SMILES string of the molecule is Cc1cccc(C)c1OCc1ccc(Cl)cc1N. The van der Waals surface area contributed by atoms with Crippen LogP contribution in [-0.4, -0.2) is 0 Å². The average Bonchev–Trinajstić information content (AvgIpc) is 2.31. The Morgan fingerprint density at radius 1 is 1.11 bits per heavy atom. The maximum absolute atomic E-state index is 5.90. The van der Waals surface area contributed by atoms with E-state index < -0.39 is 0 Å². The van der Waals surface area contributed by atoms with Crippen molar-refractivity contribution in [3.8, 4) is 5.75 Å². The van der Waals surface area contributed by atoms with Gasteiger partial charge in [0.2, 0.25) is 0 Å². The van der Waals surface area contributed by atoms with Gasteiger partial charge in [-0.05, 0) is 37.1 Å². The zero-order valence-electron chi connectivity index (χ0n) is 10.5. The van der Waals surface area contributed by atoms with Crippen molar-refractivity contribution in [2.24, 2.45) is 0 Å². The Labute approximate surface area is 112 Å². The molecule has 0 aliphatic heterocycles. The molecule has 2 nitrogen and oxygen atoms in total. The largest absolute Gasteiger partial charge is 0.488 e. The third-order valence-electron chi connectivity index (χ3n) is 2.89. The standard InChI is InChI=1S/C15H16ClNO/c1-10-4-3-5-11(2)15(10)18-9-12-6-7-13(16)8-14(12)17/h3-8H,9,17H2,1-2H3. The molecule has 0 saturated carbocycles. The van der Waals surface area contributed by atoms with Gasteiger partial charge in [-0.25, -0.2) is 0 Å². The van der Waals surface area contributed by atoms with Gasteiger partial charge in [0.25, 0.3) is 0 Å². The van der Waals surface area contributed by atoms with Crippen LogP contribution in [-0.2, 0) is 6.61 Å². The molecule has 2 aromatic rings. The van der Waals surface area contributed by atoms with Gasteiger partial charge in [0.1, 0.15) is 12.4 Å². The summed E-state index contributed by atoms with van der Waals surface area (Å²) in [6.45, 7) is 4.52. The van der Waals surface area contributed by atoms with Crippen LogP contribution < -0.4 is 10.5 Å². The first-order valence-corrected chi connectivity index (χ1v) is 6.18. The first-order valence-electron chi connectivity index (χ1n) is 5.81. The molecule has 18 heavy (non-hydrogen) atoms. The predicted octanol–water partition coefficient (Wildman–Crippen LogP) is 4.12. The van der Waals surface area contributed by atoms with Crippen molar-refractivity contribution in [2.75, 3.05) is 5.73 Å². The molecule has 0 unspecified atom stereocenters. The van der Waals surface area contributed by atoms with E-state index in [-0.39, 0.29) is 0 Å². The number of ether oxygens (including phenoxy) is 1. The quantitative estimate of drug-likeness (QED) is 0.844. The number of nitrogens with two attached hydrogens (primary N) is 1. The van der Waals surface area contributed by atoms with E-state index in [1.807, 2.05) is 44.2 Å². The van der Waals surface area contributed by atoms with Crippen molar-refractivity contribution in [1.29, 1.82) is 0 Å². The lowest BCUT2D eigenvalue weighted by atomic mass is 10.1. The molecular weight excluding hydrogens is 246 g/mol. The van der Waals surface area contributed by atoms with E-state index in [0.29, 0.717) is 17.3 Å². The Hall–Kier alpha value is -1.67. The molecule has 2 rings (SSSR count). The van der Waals surface area contributed by atoms with Crippen LogP contribution in [0.25, 0.3) is 0 Å². The van der Waals surface area contributed by atoms with E-state index >= 15 is 0 Å². The topological polar surface area (TPSA) is 35.2 Å². The molecule has 2 N–H and O–H groups in total. The Morgan fingerprint density at radius 2 is 1.78 bits per heavy atom. The van der Waals surface area contributed by atoms with Gasteiger partial charge in [-0.3, -0.25) is 0 Å². The molecular formula is C15H16ClNO. The van der Waals surface area contributed by atoms with E-state index in [4.69, 9.17) is 22.1 Å². The highest BCUT2D eigenvalue weighted by Gasteiger charge is 2.05. The van der Waals surface area contributed by atoms with Gasteiger partial charge in [-0.15, -0.1) is 0 Å². The van der Waals surface area contributed by atoms with Crippen molar-refractivity contribution in [2.45, 2.75) is 20.5 Å². The Kier molecular flexibility index (Phi) is 3.78. The van der Waals surface area contributed by atoms with E-state index in [0.717, 1.165) is 22.4 Å². The molecule has 0 aliphatic rings. The lowest BCUT2D eigenvalue weighted by molar-refractivity contribution is 0.302. The number of aryl methyl sites for hydroxylation is 2.